The SMILES string of the molecule is CC.CC.CC(C)=O.Cc1ccc(C2NCc3nnc(C)n3-c3ccccc32)cc1. The summed E-state index contributed by atoms with van der Waals surface area (Å²) in [4.78, 5) is 9.44. The Morgan fingerprint density at radius 3 is 2.10 bits per heavy atom. The number of carbonyl (C=O) groups excluding carboxylic acids is 1. The monoisotopic (exact) mass is 408 g/mol. The van der Waals surface area contributed by atoms with E-state index in [2.05, 4.69) is 75.5 Å². The molecule has 1 aliphatic rings. The maximum Gasteiger partial charge on any atom is 0.151 e. The van der Waals surface area contributed by atoms with Gasteiger partial charge in [0, 0.05) is 0 Å². The van der Waals surface area contributed by atoms with Gasteiger partial charge >= 0.3 is 0 Å². The molecule has 0 spiro atoms. The van der Waals surface area contributed by atoms with E-state index in [0.29, 0.717) is 6.54 Å². The lowest BCUT2D eigenvalue weighted by Gasteiger charge is -2.19. The Kier molecular flexibility index (Phi) is 10.7. The third-order valence-corrected chi connectivity index (χ3v) is 4.26. The van der Waals surface area contributed by atoms with Crippen LogP contribution in [0.25, 0.3) is 5.69 Å². The highest BCUT2D eigenvalue weighted by Gasteiger charge is 2.24. The number of hydrogen-bond donors (Lipinski definition) is 1. The number of ketones is 1. The van der Waals surface area contributed by atoms with E-state index in [-0.39, 0.29) is 11.8 Å². The predicted molar refractivity (Wildman–Crippen MR) is 125 cm³/mol. The highest BCUT2D eigenvalue weighted by atomic mass is 16.1. The lowest BCUT2D eigenvalue weighted by molar-refractivity contribution is -0.114. The van der Waals surface area contributed by atoms with Gasteiger partial charge in [-0.05, 0) is 44.9 Å². The molecule has 5 nitrogen and oxygen atoms in total. The quantitative estimate of drug-likeness (QED) is 0.559. The number of benzene rings is 2. The molecule has 0 bridgehead atoms. The van der Waals surface area contributed by atoms with Gasteiger partial charge in [0.1, 0.15) is 11.6 Å². The second-order valence-corrected chi connectivity index (χ2v) is 6.69. The fourth-order valence-corrected chi connectivity index (χ4v) is 3.13. The first kappa shape index (κ1) is 25.2. The van der Waals surface area contributed by atoms with Crippen LogP contribution in [-0.4, -0.2) is 20.5 Å². The van der Waals surface area contributed by atoms with Gasteiger partial charge in [-0.25, -0.2) is 0 Å². The molecule has 2 heterocycles. The Balaban J connectivity index is 0.000000497. The van der Waals surface area contributed by atoms with Crippen molar-refractivity contribution < 1.29 is 4.79 Å². The van der Waals surface area contributed by atoms with Crippen LogP contribution >= 0.6 is 0 Å². The fourth-order valence-electron chi connectivity index (χ4n) is 3.13. The van der Waals surface area contributed by atoms with Crippen molar-refractivity contribution in [3.8, 4) is 5.69 Å². The first-order valence-corrected chi connectivity index (χ1v) is 10.7. The number of aryl methyl sites for hydroxylation is 2. The average molecular weight is 409 g/mol. The van der Waals surface area contributed by atoms with Crippen LogP contribution in [0.5, 0.6) is 0 Å². The molecular weight excluding hydrogens is 372 g/mol. The van der Waals surface area contributed by atoms with E-state index >= 15 is 0 Å². The molecule has 30 heavy (non-hydrogen) atoms. The average Bonchev–Trinajstić information content (AvgIpc) is 3.03. The number of carbonyl (C=O) groups is 1. The van der Waals surface area contributed by atoms with Crippen LogP contribution in [0.2, 0.25) is 0 Å². The lowest BCUT2D eigenvalue weighted by Crippen LogP contribution is -2.21. The lowest BCUT2D eigenvalue weighted by atomic mass is 9.96. The molecule has 1 aromatic heterocycles. The van der Waals surface area contributed by atoms with E-state index in [4.69, 9.17) is 0 Å². The highest BCUT2D eigenvalue weighted by Crippen LogP contribution is 2.31. The standard InChI is InChI=1S/C18H18N4.C3H6O.2C2H6/c1-12-7-9-14(10-8-12)18-15-5-3-4-6-16(15)22-13(2)20-21-17(22)11-19-18;1-3(2)4;2*1-2/h3-10,18-19H,11H2,1-2H3;1-2H3;2*1-2H3. The van der Waals surface area contributed by atoms with E-state index in [9.17, 15) is 4.79 Å². The minimum atomic E-state index is 0.165. The Morgan fingerprint density at radius 1 is 0.933 bits per heavy atom. The van der Waals surface area contributed by atoms with Gasteiger partial charge < -0.3 is 4.79 Å². The molecule has 3 aromatic rings. The predicted octanol–water partition coefficient (Wildman–Crippen LogP) is 5.72. The van der Waals surface area contributed by atoms with E-state index in [0.717, 1.165) is 17.3 Å². The van der Waals surface area contributed by atoms with E-state index in [1.807, 2.05) is 34.6 Å². The van der Waals surface area contributed by atoms with Gasteiger partial charge in [0.05, 0.1) is 18.3 Å². The molecule has 0 fully saturated rings. The molecule has 5 heteroatoms. The molecule has 1 unspecified atom stereocenters. The van der Waals surface area contributed by atoms with Crippen LogP contribution in [-0.2, 0) is 11.3 Å². The minimum Gasteiger partial charge on any atom is -0.300 e. The zero-order valence-electron chi connectivity index (χ0n) is 19.7. The summed E-state index contributed by atoms with van der Waals surface area (Å²) in [6.45, 7) is 15.9. The second-order valence-electron chi connectivity index (χ2n) is 6.69. The first-order valence-electron chi connectivity index (χ1n) is 10.7. The number of nitrogens with one attached hydrogen (secondary N) is 1. The number of rotatable bonds is 1. The normalized spacial score (nSPS) is 13.5. The van der Waals surface area contributed by atoms with Gasteiger partial charge in [-0.15, -0.1) is 10.2 Å². The fraction of sp³-hybridized carbons (Fsp3) is 0.400. The number of Topliss-reactive ketones (excluding diaryl/α,β-unsaturated/α-hetero) is 1. The summed E-state index contributed by atoms with van der Waals surface area (Å²) in [5, 5.41) is 12.1. The number of fused-ring (bicyclic) bond motifs is 3. The Hall–Kier alpha value is -2.79. The van der Waals surface area contributed by atoms with Crippen LogP contribution in [0.3, 0.4) is 0 Å². The molecule has 1 aliphatic heterocycles. The molecule has 162 valence electrons. The van der Waals surface area contributed by atoms with Crippen LogP contribution in [0.4, 0.5) is 0 Å². The summed E-state index contributed by atoms with van der Waals surface area (Å²) in [6.07, 6.45) is 0. The summed E-state index contributed by atoms with van der Waals surface area (Å²) in [5.41, 5.74) is 4.97. The van der Waals surface area contributed by atoms with Gasteiger partial charge in [0.25, 0.3) is 0 Å². The zero-order valence-corrected chi connectivity index (χ0v) is 19.7. The van der Waals surface area contributed by atoms with Crippen molar-refractivity contribution >= 4 is 5.78 Å². The minimum absolute atomic E-state index is 0.165. The van der Waals surface area contributed by atoms with Crippen LogP contribution in [0.1, 0.15) is 75.9 Å². The van der Waals surface area contributed by atoms with E-state index < -0.39 is 0 Å². The highest BCUT2D eigenvalue weighted by molar-refractivity contribution is 5.72. The number of para-hydroxylation sites is 1. The summed E-state index contributed by atoms with van der Waals surface area (Å²) >= 11 is 0. The molecule has 1 atom stereocenters. The summed E-state index contributed by atoms with van der Waals surface area (Å²) in [6, 6.07) is 17.4. The van der Waals surface area contributed by atoms with E-state index in [1.54, 1.807) is 0 Å². The van der Waals surface area contributed by atoms with Crippen molar-refractivity contribution in [1.29, 1.82) is 0 Å². The van der Waals surface area contributed by atoms with Crippen molar-refractivity contribution in [1.82, 2.24) is 20.1 Å². The van der Waals surface area contributed by atoms with Crippen molar-refractivity contribution in [2.75, 3.05) is 0 Å². The molecule has 4 rings (SSSR count). The molecule has 0 amide bonds. The molecular formula is C25H36N4O. The maximum absolute atomic E-state index is 9.44. The summed E-state index contributed by atoms with van der Waals surface area (Å²) in [7, 11) is 0. The molecule has 0 saturated carbocycles. The van der Waals surface area contributed by atoms with Crippen LogP contribution in [0.15, 0.2) is 48.5 Å². The molecule has 1 N–H and O–H groups in total. The van der Waals surface area contributed by atoms with Crippen molar-refractivity contribution in [2.45, 2.75) is 68.0 Å². The first-order chi connectivity index (χ1) is 14.5. The zero-order chi connectivity index (χ0) is 22.7. The largest absolute Gasteiger partial charge is 0.300 e. The van der Waals surface area contributed by atoms with Gasteiger partial charge in [-0.1, -0.05) is 75.7 Å². The van der Waals surface area contributed by atoms with Crippen molar-refractivity contribution in [3.63, 3.8) is 0 Å². The number of hydrogen-bond acceptors (Lipinski definition) is 4. The van der Waals surface area contributed by atoms with Gasteiger partial charge in [-0.2, -0.15) is 0 Å². The molecule has 0 aliphatic carbocycles. The van der Waals surface area contributed by atoms with E-state index in [1.165, 1.54) is 30.5 Å². The molecule has 0 radical (unpaired) electrons. The molecule has 0 saturated heterocycles. The maximum atomic E-state index is 9.44. The Morgan fingerprint density at radius 2 is 1.50 bits per heavy atom. The third kappa shape index (κ3) is 6.36. The smallest absolute Gasteiger partial charge is 0.151 e. The topological polar surface area (TPSA) is 59.8 Å². The molecule has 2 aromatic carbocycles. The van der Waals surface area contributed by atoms with Gasteiger partial charge in [0.2, 0.25) is 0 Å². The van der Waals surface area contributed by atoms with Gasteiger partial charge in [-0.3, -0.25) is 9.88 Å². The third-order valence-electron chi connectivity index (χ3n) is 4.26. The second kappa shape index (κ2) is 12.7. The number of nitrogens with zero attached hydrogens (tertiary/aromatic N) is 3. The summed E-state index contributed by atoms with van der Waals surface area (Å²) in [5.74, 6) is 2.05. The number of aromatic nitrogens is 3. The Bertz CT molecular complexity index is 909. The van der Waals surface area contributed by atoms with Gasteiger partial charge in [0.15, 0.2) is 5.82 Å². The Labute approximate surface area is 181 Å². The van der Waals surface area contributed by atoms with Crippen LogP contribution < -0.4 is 5.32 Å². The van der Waals surface area contributed by atoms with Crippen molar-refractivity contribution in [2.24, 2.45) is 0 Å². The van der Waals surface area contributed by atoms with Crippen molar-refractivity contribution in [3.05, 3.63) is 76.9 Å². The van der Waals surface area contributed by atoms with Crippen LogP contribution in [0, 0.1) is 13.8 Å². The summed E-state index contributed by atoms with van der Waals surface area (Å²) < 4.78 is 2.15.